The molecule has 196 valence electrons. The molecule has 4 aliphatic heterocycles. The molecule has 2 atom stereocenters. The summed E-state index contributed by atoms with van der Waals surface area (Å²) in [5.41, 5.74) is 6.05. The Balaban J connectivity index is 0.000000190. The summed E-state index contributed by atoms with van der Waals surface area (Å²) in [6, 6.07) is 8.47. The van der Waals surface area contributed by atoms with E-state index in [1.54, 1.807) is 0 Å². The Hall–Kier alpha value is -1.54. The summed E-state index contributed by atoms with van der Waals surface area (Å²) in [6.45, 7) is 9.16. The molecule has 6 rings (SSSR count). The van der Waals surface area contributed by atoms with Crippen LogP contribution >= 0.6 is 48.0 Å². The van der Waals surface area contributed by atoms with Crippen LogP contribution in [0.25, 0.3) is 0 Å². The zero-order chi connectivity index (χ0) is 24.0. The fourth-order valence-electron chi connectivity index (χ4n) is 5.50. The third-order valence-corrected chi connectivity index (χ3v) is 7.93. The van der Waals surface area contributed by atoms with Crippen LogP contribution < -0.4 is 10.6 Å². The Labute approximate surface area is 234 Å². The van der Waals surface area contributed by atoms with Crippen molar-refractivity contribution >= 4 is 59.8 Å². The van der Waals surface area contributed by atoms with Gasteiger partial charge in [-0.05, 0) is 47.2 Å². The second-order valence-electron chi connectivity index (χ2n) is 9.23. The lowest BCUT2D eigenvalue weighted by molar-refractivity contribution is 0.0683. The maximum Gasteiger partial charge on any atom is 0.256 e. The molecular formula is C26H32Cl4N4O2. The molecule has 4 heterocycles. The maximum absolute atomic E-state index is 12.3. The number of aryl methyl sites for hydroxylation is 2. The first-order chi connectivity index (χ1) is 16.4. The lowest BCUT2D eigenvalue weighted by Crippen LogP contribution is -2.44. The first-order valence-corrected chi connectivity index (χ1v) is 12.9. The van der Waals surface area contributed by atoms with E-state index in [-0.39, 0.29) is 48.7 Å². The van der Waals surface area contributed by atoms with Gasteiger partial charge < -0.3 is 20.4 Å². The standard InChI is InChI=1S/2C13H15ClN2O.2ClH/c2*1-2-8-5-9-11-7-15-3-4-16(11)13(17)12(9)10(14)6-8;;/h2*5-6,11,15H,2-4,7H2,1H3;2*1H/t2*11-;;/m10../s1. The molecule has 2 aromatic rings. The van der Waals surface area contributed by atoms with Crippen molar-refractivity contribution in [2.24, 2.45) is 0 Å². The van der Waals surface area contributed by atoms with E-state index < -0.39 is 0 Å². The van der Waals surface area contributed by atoms with Crippen LogP contribution in [-0.4, -0.2) is 60.9 Å². The normalized spacial score (nSPS) is 21.3. The number of carbonyl (C=O) groups excluding carboxylic acids is 2. The van der Waals surface area contributed by atoms with E-state index in [4.69, 9.17) is 23.2 Å². The van der Waals surface area contributed by atoms with Crippen molar-refractivity contribution < 1.29 is 9.59 Å². The molecule has 0 aromatic heterocycles. The van der Waals surface area contributed by atoms with Gasteiger partial charge in [0.25, 0.3) is 11.8 Å². The molecule has 4 aliphatic rings. The third-order valence-electron chi connectivity index (χ3n) is 7.33. The van der Waals surface area contributed by atoms with Crippen LogP contribution in [0.4, 0.5) is 0 Å². The van der Waals surface area contributed by atoms with Gasteiger partial charge in [0.2, 0.25) is 0 Å². The van der Waals surface area contributed by atoms with E-state index in [1.807, 2.05) is 21.9 Å². The average molecular weight is 574 g/mol. The van der Waals surface area contributed by atoms with E-state index in [0.29, 0.717) is 10.0 Å². The highest BCUT2D eigenvalue weighted by Crippen LogP contribution is 2.40. The highest BCUT2D eigenvalue weighted by Gasteiger charge is 2.40. The van der Waals surface area contributed by atoms with Gasteiger partial charge in [-0.1, -0.05) is 49.2 Å². The lowest BCUT2D eigenvalue weighted by atomic mass is 9.99. The SMILES string of the molecule is CCc1cc(Cl)c2c(c1)[C@@H]1CNCCN1C2=O.CCc1cc(Cl)c2c(c1)[C@H]1CNCCN1C2=O.Cl.Cl. The first kappa shape index (κ1) is 29.0. The monoisotopic (exact) mass is 572 g/mol. The van der Waals surface area contributed by atoms with Gasteiger partial charge >= 0.3 is 0 Å². The number of hydrogen-bond donors (Lipinski definition) is 2. The summed E-state index contributed by atoms with van der Waals surface area (Å²) in [6.07, 6.45) is 1.89. The Bertz CT molecular complexity index is 1070. The second-order valence-corrected chi connectivity index (χ2v) is 10.0. The summed E-state index contributed by atoms with van der Waals surface area (Å²) in [5, 5.41) is 7.90. The van der Waals surface area contributed by atoms with Crippen molar-refractivity contribution in [1.29, 1.82) is 0 Å². The van der Waals surface area contributed by atoms with Gasteiger partial charge in [0.15, 0.2) is 0 Å². The number of halogens is 4. The smallest absolute Gasteiger partial charge is 0.256 e. The van der Waals surface area contributed by atoms with Gasteiger partial charge in [0, 0.05) is 39.3 Å². The van der Waals surface area contributed by atoms with Crippen molar-refractivity contribution in [3.63, 3.8) is 0 Å². The molecule has 2 aromatic carbocycles. The molecule has 2 amide bonds. The second kappa shape index (κ2) is 11.9. The molecule has 0 radical (unpaired) electrons. The molecule has 6 nitrogen and oxygen atoms in total. The minimum absolute atomic E-state index is 0. The maximum atomic E-state index is 12.3. The number of fused-ring (bicyclic) bond motifs is 6. The lowest BCUT2D eigenvalue weighted by Gasteiger charge is -2.30. The number of carbonyl (C=O) groups is 2. The summed E-state index contributed by atoms with van der Waals surface area (Å²) >= 11 is 12.5. The quantitative estimate of drug-likeness (QED) is 0.539. The summed E-state index contributed by atoms with van der Waals surface area (Å²) in [5.74, 6) is 0.193. The Morgan fingerprint density at radius 3 is 1.50 bits per heavy atom. The Morgan fingerprint density at radius 2 is 1.14 bits per heavy atom. The summed E-state index contributed by atoms with van der Waals surface area (Å²) < 4.78 is 0. The molecule has 36 heavy (non-hydrogen) atoms. The number of amides is 2. The zero-order valence-corrected chi connectivity index (χ0v) is 23.5. The van der Waals surface area contributed by atoms with Crippen molar-refractivity contribution in [2.45, 2.75) is 38.8 Å². The average Bonchev–Trinajstić information content (AvgIpc) is 3.32. The first-order valence-electron chi connectivity index (χ1n) is 12.1. The summed E-state index contributed by atoms with van der Waals surface area (Å²) in [4.78, 5) is 28.4. The number of benzene rings is 2. The van der Waals surface area contributed by atoms with Crippen LogP contribution in [-0.2, 0) is 12.8 Å². The Kier molecular flexibility index (Phi) is 9.58. The highest BCUT2D eigenvalue weighted by molar-refractivity contribution is 6.35. The molecular weight excluding hydrogens is 542 g/mol. The molecule has 0 saturated carbocycles. The molecule has 2 saturated heterocycles. The van der Waals surface area contributed by atoms with E-state index in [0.717, 1.165) is 74.4 Å². The van der Waals surface area contributed by atoms with Crippen molar-refractivity contribution in [1.82, 2.24) is 20.4 Å². The van der Waals surface area contributed by atoms with Crippen molar-refractivity contribution in [2.75, 3.05) is 39.3 Å². The third kappa shape index (κ3) is 4.96. The van der Waals surface area contributed by atoms with Gasteiger partial charge in [0.05, 0.1) is 33.3 Å². The number of piperazine rings is 2. The number of hydrogen-bond acceptors (Lipinski definition) is 4. The zero-order valence-electron chi connectivity index (χ0n) is 20.4. The topological polar surface area (TPSA) is 64.7 Å². The minimum Gasteiger partial charge on any atom is -0.329 e. The van der Waals surface area contributed by atoms with Crippen molar-refractivity contribution in [3.05, 3.63) is 67.7 Å². The largest absolute Gasteiger partial charge is 0.329 e. The molecule has 0 bridgehead atoms. The number of nitrogens with one attached hydrogen (secondary N) is 2. The van der Waals surface area contributed by atoms with Gasteiger partial charge in [-0.3, -0.25) is 9.59 Å². The van der Waals surface area contributed by atoms with Gasteiger partial charge in [-0.25, -0.2) is 0 Å². The fourth-order valence-corrected chi connectivity index (χ4v) is 6.16. The van der Waals surface area contributed by atoms with Crippen LogP contribution in [0.5, 0.6) is 0 Å². The van der Waals surface area contributed by atoms with Crippen LogP contribution in [0.3, 0.4) is 0 Å². The van der Waals surface area contributed by atoms with Gasteiger partial charge in [-0.15, -0.1) is 24.8 Å². The van der Waals surface area contributed by atoms with E-state index >= 15 is 0 Å². The summed E-state index contributed by atoms with van der Waals surface area (Å²) in [7, 11) is 0. The number of rotatable bonds is 2. The van der Waals surface area contributed by atoms with Crippen LogP contribution in [0.1, 0.15) is 68.9 Å². The minimum atomic E-state index is 0. The Morgan fingerprint density at radius 1 is 0.750 bits per heavy atom. The molecule has 0 spiro atoms. The molecule has 2 fully saturated rings. The number of nitrogens with zero attached hydrogens (tertiary/aromatic N) is 2. The van der Waals surface area contributed by atoms with E-state index in [9.17, 15) is 9.59 Å². The van der Waals surface area contributed by atoms with Gasteiger partial charge in [0.1, 0.15) is 0 Å². The predicted molar refractivity (Wildman–Crippen MR) is 149 cm³/mol. The van der Waals surface area contributed by atoms with Crippen LogP contribution in [0.15, 0.2) is 24.3 Å². The molecule has 0 aliphatic carbocycles. The predicted octanol–water partition coefficient (Wildman–Crippen LogP) is 4.85. The van der Waals surface area contributed by atoms with E-state index in [1.165, 1.54) is 11.1 Å². The van der Waals surface area contributed by atoms with Crippen LogP contribution in [0.2, 0.25) is 10.0 Å². The van der Waals surface area contributed by atoms with Gasteiger partial charge in [-0.2, -0.15) is 0 Å². The molecule has 0 unspecified atom stereocenters. The fraction of sp³-hybridized carbons (Fsp3) is 0.462. The molecule has 10 heteroatoms. The van der Waals surface area contributed by atoms with Crippen LogP contribution in [0, 0.1) is 0 Å². The van der Waals surface area contributed by atoms with Crippen molar-refractivity contribution in [3.8, 4) is 0 Å². The van der Waals surface area contributed by atoms with E-state index in [2.05, 4.69) is 36.6 Å². The molecule has 2 N–H and O–H groups in total. The highest BCUT2D eigenvalue weighted by atomic mass is 35.5.